The summed E-state index contributed by atoms with van der Waals surface area (Å²) in [6.07, 6.45) is 1.53. The van der Waals surface area contributed by atoms with E-state index < -0.39 is 10.0 Å². The zero-order valence-corrected chi connectivity index (χ0v) is 12.5. The minimum absolute atomic E-state index is 0.0479. The number of hydrogen-bond acceptors (Lipinski definition) is 4. The van der Waals surface area contributed by atoms with Crippen molar-refractivity contribution >= 4 is 10.0 Å². The van der Waals surface area contributed by atoms with Crippen LogP contribution in [0.2, 0.25) is 0 Å². The fraction of sp³-hybridized carbons (Fsp3) is 0.583. The first-order chi connectivity index (χ1) is 8.86. The Morgan fingerprint density at radius 1 is 1.58 bits per heavy atom. The van der Waals surface area contributed by atoms with Crippen LogP contribution in [0.25, 0.3) is 0 Å². The molecular formula is C12H21N3O3S. The lowest BCUT2D eigenvalue weighted by Crippen LogP contribution is -2.28. The molecule has 0 saturated heterocycles. The van der Waals surface area contributed by atoms with Crippen LogP contribution < -0.4 is 4.72 Å². The number of hydrogen-bond donors (Lipinski definition) is 1. The fourth-order valence-electron chi connectivity index (χ4n) is 1.50. The van der Waals surface area contributed by atoms with Gasteiger partial charge in [0.2, 0.25) is 0 Å². The first kappa shape index (κ1) is 15.9. The van der Waals surface area contributed by atoms with Crippen molar-refractivity contribution in [2.45, 2.75) is 32.3 Å². The second-order valence-corrected chi connectivity index (χ2v) is 6.03. The molecule has 0 unspecified atom stereocenters. The van der Waals surface area contributed by atoms with Gasteiger partial charge in [0.1, 0.15) is 5.82 Å². The van der Waals surface area contributed by atoms with Crippen LogP contribution in [0.4, 0.5) is 0 Å². The molecule has 1 heterocycles. The number of aromatic nitrogens is 2. The summed E-state index contributed by atoms with van der Waals surface area (Å²) in [4.78, 5) is 4.04. The second-order valence-electron chi connectivity index (χ2n) is 4.32. The number of nitrogens with zero attached hydrogens (tertiary/aromatic N) is 2. The molecule has 1 aromatic rings. The van der Waals surface area contributed by atoms with Crippen LogP contribution >= 0.6 is 0 Å². The molecule has 6 nitrogen and oxygen atoms in total. The topological polar surface area (TPSA) is 73.2 Å². The summed E-state index contributed by atoms with van der Waals surface area (Å²) in [6.45, 7) is 10.9. The Hall–Kier alpha value is -1.18. The average molecular weight is 287 g/mol. The highest BCUT2D eigenvalue weighted by atomic mass is 32.2. The van der Waals surface area contributed by atoms with E-state index >= 15 is 0 Å². The standard InChI is InChI=1S/C12H21N3O3S/c1-5-15-8-12(14-11(15)4)19(16,17)13-6-7-18-9-10(2)3/h8,13H,2,5-7,9H2,1,3-4H3. The van der Waals surface area contributed by atoms with Crippen LogP contribution in [0.15, 0.2) is 23.4 Å². The van der Waals surface area contributed by atoms with Gasteiger partial charge in [0.05, 0.1) is 13.2 Å². The lowest BCUT2D eigenvalue weighted by atomic mass is 10.4. The van der Waals surface area contributed by atoms with Gasteiger partial charge in [0.15, 0.2) is 5.03 Å². The molecule has 0 aromatic carbocycles. The number of sulfonamides is 1. The Kier molecular flexibility index (Phi) is 5.71. The highest BCUT2D eigenvalue weighted by Gasteiger charge is 2.18. The molecular weight excluding hydrogens is 266 g/mol. The van der Waals surface area contributed by atoms with E-state index in [4.69, 9.17) is 4.74 Å². The Labute approximate surface area is 114 Å². The summed E-state index contributed by atoms with van der Waals surface area (Å²) in [7, 11) is -3.56. The number of aryl methyl sites for hydroxylation is 2. The lowest BCUT2D eigenvalue weighted by Gasteiger charge is -2.05. The van der Waals surface area contributed by atoms with Gasteiger partial charge >= 0.3 is 0 Å². The molecule has 0 aliphatic heterocycles. The molecule has 0 aliphatic rings. The summed E-state index contributed by atoms with van der Waals surface area (Å²) in [5, 5.41) is 0.0479. The second kappa shape index (κ2) is 6.83. The van der Waals surface area contributed by atoms with Gasteiger partial charge in [-0.1, -0.05) is 12.2 Å². The van der Waals surface area contributed by atoms with E-state index in [9.17, 15) is 8.42 Å². The molecule has 0 spiro atoms. The normalized spacial score (nSPS) is 11.7. The van der Waals surface area contributed by atoms with Gasteiger partial charge in [-0.3, -0.25) is 0 Å². The molecule has 19 heavy (non-hydrogen) atoms. The van der Waals surface area contributed by atoms with Gasteiger partial charge in [-0.2, -0.15) is 0 Å². The third kappa shape index (κ3) is 4.77. The maximum absolute atomic E-state index is 12.0. The minimum atomic E-state index is -3.56. The van der Waals surface area contributed by atoms with Crippen LogP contribution in [-0.4, -0.2) is 37.7 Å². The zero-order chi connectivity index (χ0) is 14.5. The molecule has 1 aromatic heterocycles. The predicted molar refractivity (Wildman–Crippen MR) is 73.5 cm³/mol. The largest absolute Gasteiger partial charge is 0.376 e. The maximum atomic E-state index is 12.0. The molecule has 0 atom stereocenters. The summed E-state index contributed by atoms with van der Waals surface area (Å²) in [5.74, 6) is 0.682. The fourth-order valence-corrected chi connectivity index (χ4v) is 2.52. The van der Waals surface area contributed by atoms with Crippen LogP contribution in [0, 0.1) is 6.92 Å². The summed E-state index contributed by atoms with van der Waals surface area (Å²) in [5.41, 5.74) is 0.903. The van der Waals surface area contributed by atoms with Crippen molar-refractivity contribution in [2.75, 3.05) is 19.8 Å². The van der Waals surface area contributed by atoms with Gasteiger partial charge < -0.3 is 9.30 Å². The maximum Gasteiger partial charge on any atom is 0.259 e. The molecule has 0 aliphatic carbocycles. The van der Waals surface area contributed by atoms with E-state index in [0.29, 0.717) is 25.6 Å². The predicted octanol–water partition coefficient (Wildman–Crippen LogP) is 1.08. The molecule has 108 valence electrons. The van der Waals surface area contributed by atoms with Crippen LogP contribution in [0.5, 0.6) is 0 Å². The molecule has 0 fully saturated rings. The van der Waals surface area contributed by atoms with Crippen LogP contribution in [0.3, 0.4) is 0 Å². The first-order valence-electron chi connectivity index (χ1n) is 6.12. The highest BCUT2D eigenvalue weighted by Crippen LogP contribution is 2.08. The van der Waals surface area contributed by atoms with Crippen molar-refractivity contribution < 1.29 is 13.2 Å². The van der Waals surface area contributed by atoms with E-state index in [-0.39, 0.29) is 11.6 Å². The highest BCUT2D eigenvalue weighted by molar-refractivity contribution is 7.89. The monoisotopic (exact) mass is 287 g/mol. The van der Waals surface area contributed by atoms with Crippen molar-refractivity contribution in [3.8, 4) is 0 Å². The van der Waals surface area contributed by atoms with Crippen molar-refractivity contribution in [3.63, 3.8) is 0 Å². The molecule has 0 amide bonds. The van der Waals surface area contributed by atoms with Crippen molar-refractivity contribution in [1.29, 1.82) is 0 Å². The SMILES string of the molecule is C=C(C)COCCNS(=O)(=O)c1cn(CC)c(C)n1. The Balaban J connectivity index is 2.53. The van der Waals surface area contributed by atoms with Gasteiger partial charge in [-0.05, 0) is 20.8 Å². The Morgan fingerprint density at radius 2 is 2.26 bits per heavy atom. The van der Waals surface area contributed by atoms with Crippen molar-refractivity contribution in [3.05, 3.63) is 24.2 Å². The third-order valence-corrected chi connectivity index (χ3v) is 3.79. The van der Waals surface area contributed by atoms with E-state index in [1.165, 1.54) is 6.20 Å². The van der Waals surface area contributed by atoms with Gasteiger partial charge in [-0.15, -0.1) is 0 Å². The summed E-state index contributed by atoms with van der Waals surface area (Å²) in [6, 6.07) is 0. The van der Waals surface area contributed by atoms with E-state index in [0.717, 1.165) is 5.57 Å². The minimum Gasteiger partial charge on any atom is -0.376 e. The van der Waals surface area contributed by atoms with Crippen LogP contribution in [0.1, 0.15) is 19.7 Å². The Morgan fingerprint density at radius 3 is 2.79 bits per heavy atom. The van der Waals surface area contributed by atoms with E-state index in [1.807, 2.05) is 13.8 Å². The molecule has 0 bridgehead atoms. The van der Waals surface area contributed by atoms with Gasteiger partial charge in [0.25, 0.3) is 10.0 Å². The summed E-state index contributed by atoms with van der Waals surface area (Å²) < 4.78 is 33.4. The van der Waals surface area contributed by atoms with Crippen LogP contribution in [-0.2, 0) is 21.3 Å². The molecule has 0 saturated carbocycles. The van der Waals surface area contributed by atoms with Gasteiger partial charge in [0, 0.05) is 19.3 Å². The smallest absolute Gasteiger partial charge is 0.259 e. The quantitative estimate of drug-likeness (QED) is 0.573. The third-order valence-electron chi connectivity index (χ3n) is 2.46. The molecule has 7 heteroatoms. The average Bonchev–Trinajstić information content (AvgIpc) is 2.70. The van der Waals surface area contributed by atoms with Crippen molar-refractivity contribution in [1.82, 2.24) is 14.3 Å². The van der Waals surface area contributed by atoms with E-state index in [2.05, 4.69) is 16.3 Å². The number of nitrogens with one attached hydrogen (secondary N) is 1. The molecule has 1 rings (SSSR count). The lowest BCUT2D eigenvalue weighted by molar-refractivity contribution is 0.162. The number of ether oxygens (including phenoxy) is 1. The number of imidazole rings is 1. The molecule has 0 radical (unpaired) electrons. The first-order valence-corrected chi connectivity index (χ1v) is 7.60. The van der Waals surface area contributed by atoms with Crippen molar-refractivity contribution in [2.24, 2.45) is 0 Å². The Bertz CT molecular complexity index is 534. The summed E-state index contributed by atoms with van der Waals surface area (Å²) >= 11 is 0. The van der Waals surface area contributed by atoms with E-state index in [1.54, 1.807) is 11.5 Å². The van der Waals surface area contributed by atoms with Gasteiger partial charge in [-0.25, -0.2) is 18.1 Å². The zero-order valence-electron chi connectivity index (χ0n) is 11.6. The molecule has 1 N–H and O–H groups in total. The number of rotatable bonds is 8.